The van der Waals surface area contributed by atoms with Gasteiger partial charge in [-0.2, -0.15) is 0 Å². The number of aromatic nitrogens is 1. The van der Waals surface area contributed by atoms with E-state index in [4.69, 9.17) is 0 Å². The van der Waals surface area contributed by atoms with E-state index in [0.29, 0.717) is 0 Å². The van der Waals surface area contributed by atoms with Crippen LogP contribution in [0.3, 0.4) is 0 Å². The SMILES string of the molecule is CN(CCc1ccccn1)C(=O)C1(C)CCCNC1.Cl. The topological polar surface area (TPSA) is 45.2 Å². The Bertz CT molecular complexity index is 418. The molecule has 1 fully saturated rings. The van der Waals surface area contributed by atoms with Gasteiger partial charge in [-0.05, 0) is 38.4 Å². The number of likely N-dealkylation sites (N-methyl/N-ethyl adjacent to an activating group) is 1. The Morgan fingerprint density at radius 3 is 2.90 bits per heavy atom. The molecule has 112 valence electrons. The first kappa shape index (κ1) is 16.9. The third-order valence-electron chi connectivity index (χ3n) is 3.89. The van der Waals surface area contributed by atoms with Crippen LogP contribution >= 0.6 is 12.4 Å². The van der Waals surface area contributed by atoms with E-state index >= 15 is 0 Å². The van der Waals surface area contributed by atoms with Crippen molar-refractivity contribution in [3.63, 3.8) is 0 Å². The summed E-state index contributed by atoms with van der Waals surface area (Å²) < 4.78 is 0. The van der Waals surface area contributed by atoms with Gasteiger partial charge in [-0.3, -0.25) is 9.78 Å². The molecule has 0 saturated carbocycles. The van der Waals surface area contributed by atoms with E-state index in [-0.39, 0.29) is 23.7 Å². The smallest absolute Gasteiger partial charge is 0.229 e. The molecular weight excluding hydrogens is 274 g/mol. The molecule has 0 radical (unpaired) electrons. The molecule has 1 N–H and O–H groups in total. The average Bonchev–Trinajstić information content (AvgIpc) is 2.46. The molecule has 1 aromatic heterocycles. The zero-order valence-corrected chi connectivity index (χ0v) is 13.1. The summed E-state index contributed by atoms with van der Waals surface area (Å²) in [6.07, 6.45) is 4.67. The van der Waals surface area contributed by atoms with Gasteiger partial charge in [0.1, 0.15) is 0 Å². The van der Waals surface area contributed by atoms with Gasteiger partial charge in [0.2, 0.25) is 5.91 Å². The van der Waals surface area contributed by atoms with Crippen LogP contribution in [0.5, 0.6) is 0 Å². The number of pyridine rings is 1. The fourth-order valence-corrected chi connectivity index (χ4v) is 2.63. The second-order valence-electron chi connectivity index (χ2n) is 5.64. The number of carbonyl (C=O) groups is 1. The van der Waals surface area contributed by atoms with Gasteiger partial charge in [-0.25, -0.2) is 0 Å². The van der Waals surface area contributed by atoms with Crippen molar-refractivity contribution in [1.82, 2.24) is 15.2 Å². The highest BCUT2D eigenvalue weighted by atomic mass is 35.5. The van der Waals surface area contributed by atoms with Crippen LogP contribution in [-0.4, -0.2) is 42.5 Å². The Labute approximate surface area is 127 Å². The highest BCUT2D eigenvalue weighted by Crippen LogP contribution is 2.27. The van der Waals surface area contributed by atoms with Crippen LogP contribution in [0.2, 0.25) is 0 Å². The van der Waals surface area contributed by atoms with E-state index in [1.54, 1.807) is 6.20 Å². The molecule has 1 aliphatic heterocycles. The summed E-state index contributed by atoms with van der Waals surface area (Å²) in [6.45, 7) is 4.62. The van der Waals surface area contributed by atoms with E-state index < -0.39 is 0 Å². The van der Waals surface area contributed by atoms with Crippen LogP contribution in [-0.2, 0) is 11.2 Å². The molecule has 1 aliphatic rings. The molecular formula is C15H24ClN3O. The minimum atomic E-state index is -0.239. The molecule has 0 bridgehead atoms. The van der Waals surface area contributed by atoms with E-state index in [9.17, 15) is 4.79 Å². The highest BCUT2D eigenvalue weighted by Gasteiger charge is 2.36. The molecule has 1 unspecified atom stereocenters. The number of halogens is 1. The first-order valence-corrected chi connectivity index (χ1v) is 6.98. The predicted molar refractivity (Wildman–Crippen MR) is 83.0 cm³/mol. The van der Waals surface area contributed by atoms with Crippen LogP contribution in [0.1, 0.15) is 25.5 Å². The summed E-state index contributed by atoms with van der Waals surface area (Å²) in [7, 11) is 1.89. The lowest BCUT2D eigenvalue weighted by Crippen LogP contribution is -2.49. The zero-order chi connectivity index (χ0) is 13.7. The quantitative estimate of drug-likeness (QED) is 0.923. The van der Waals surface area contributed by atoms with Crippen molar-refractivity contribution >= 4 is 18.3 Å². The number of carbonyl (C=O) groups excluding carboxylic acids is 1. The van der Waals surface area contributed by atoms with Crippen LogP contribution < -0.4 is 5.32 Å². The van der Waals surface area contributed by atoms with Gasteiger partial charge in [0.15, 0.2) is 0 Å². The molecule has 4 nitrogen and oxygen atoms in total. The van der Waals surface area contributed by atoms with Gasteiger partial charge in [-0.1, -0.05) is 6.07 Å². The summed E-state index contributed by atoms with van der Waals surface area (Å²) >= 11 is 0. The Hall–Kier alpha value is -1.13. The maximum Gasteiger partial charge on any atom is 0.229 e. The minimum absolute atomic E-state index is 0. The Kier molecular flexibility index (Phi) is 6.43. The maximum absolute atomic E-state index is 12.5. The van der Waals surface area contributed by atoms with Gasteiger partial charge in [0, 0.05) is 38.4 Å². The third kappa shape index (κ3) is 4.18. The number of amides is 1. The van der Waals surface area contributed by atoms with Gasteiger partial charge in [0.05, 0.1) is 5.41 Å². The molecule has 1 aromatic rings. The molecule has 1 saturated heterocycles. The van der Waals surface area contributed by atoms with E-state index in [1.807, 2.05) is 30.1 Å². The number of nitrogens with zero attached hydrogens (tertiary/aromatic N) is 2. The minimum Gasteiger partial charge on any atom is -0.345 e. The van der Waals surface area contributed by atoms with Crippen molar-refractivity contribution in [2.45, 2.75) is 26.2 Å². The van der Waals surface area contributed by atoms with Crippen molar-refractivity contribution in [2.75, 3.05) is 26.7 Å². The van der Waals surface area contributed by atoms with E-state index in [0.717, 1.165) is 44.6 Å². The monoisotopic (exact) mass is 297 g/mol. The number of nitrogens with one attached hydrogen (secondary N) is 1. The van der Waals surface area contributed by atoms with Crippen LogP contribution in [0.25, 0.3) is 0 Å². The summed E-state index contributed by atoms with van der Waals surface area (Å²) in [6, 6.07) is 5.89. The first-order chi connectivity index (χ1) is 9.12. The highest BCUT2D eigenvalue weighted by molar-refractivity contribution is 5.85. The van der Waals surface area contributed by atoms with Crippen molar-refractivity contribution in [2.24, 2.45) is 5.41 Å². The van der Waals surface area contributed by atoms with Gasteiger partial charge >= 0.3 is 0 Å². The zero-order valence-electron chi connectivity index (χ0n) is 12.3. The Balaban J connectivity index is 0.00000200. The summed E-state index contributed by atoms with van der Waals surface area (Å²) in [5.41, 5.74) is 0.797. The van der Waals surface area contributed by atoms with Crippen molar-refractivity contribution < 1.29 is 4.79 Å². The van der Waals surface area contributed by atoms with Gasteiger partial charge in [0.25, 0.3) is 0 Å². The molecule has 20 heavy (non-hydrogen) atoms. The first-order valence-electron chi connectivity index (χ1n) is 6.98. The Morgan fingerprint density at radius 2 is 2.30 bits per heavy atom. The van der Waals surface area contributed by atoms with Crippen molar-refractivity contribution in [1.29, 1.82) is 0 Å². The summed E-state index contributed by atoms with van der Waals surface area (Å²) in [5.74, 6) is 0.246. The molecule has 2 heterocycles. The molecule has 0 aliphatic carbocycles. The molecule has 1 atom stereocenters. The predicted octanol–water partition coefficient (Wildman–Crippen LogP) is 1.89. The summed E-state index contributed by atoms with van der Waals surface area (Å²) in [5, 5.41) is 3.33. The van der Waals surface area contributed by atoms with Crippen LogP contribution in [0, 0.1) is 5.41 Å². The number of rotatable bonds is 4. The maximum atomic E-state index is 12.5. The van der Waals surface area contributed by atoms with Gasteiger partial charge < -0.3 is 10.2 Å². The third-order valence-corrected chi connectivity index (χ3v) is 3.89. The summed E-state index contributed by atoms with van der Waals surface area (Å²) in [4.78, 5) is 18.6. The van der Waals surface area contributed by atoms with E-state index in [1.165, 1.54) is 0 Å². The van der Waals surface area contributed by atoms with Crippen LogP contribution in [0.15, 0.2) is 24.4 Å². The lowest BCUT2D eigenvalue weighted by molar-refractivity contribution is -0.140. The number of piperidine rings is 1. The van der Waals surface area contributed by atoms with Gasteiger partial charge in [-0.15, -0.1) is 12.4 Å². The number of hydrogen-bond acceptors (Lipinski definition) is 3. The average molecular weight is 298 g/mol. The molecule has 1 amide bonds. The van der Waals surface area contributed by atoms with Crippen molar-refractivity contribution in [3.8, 4) is 0 Å². The van der Waals surface area contributed by atoms with Crippen molar-refractivity contribution in [3.05, 3.63) is 30.1 Å². The second-order valence-corrected chi connectivity index (χ2v) is 5.64. The lowest BCUT2D eigenvalue weighted by Gasteiger charge is -2.36. The molecule has 0 aromatic carbocycles. The molecule has 0 spiro atoms. The normalized spacial score (nSPS) is 21.9. The largest absolute Gasteiger partial charge is 0.345 e. The fraction of sp³-hybridized carbons (Fsp3) is 0.600. The fourth-order valence-electron chi connectivity index (χ4n) is 2.63. The molecule has 2 rings (SSSR count). The number of hydrogen-bond donors (Lipinski definition) is 1. The molecule has 5 heteroatoms. The van der Waals surface area contributed by atoms with Crippen LogP contribution in [0.4, 0.5) is 0 Å². The van der Waals surface area contributed by atoms with E-state index in [2.05, 4.69) is 17.2 Å². The second kappa shape index (κ2) is 7.60. The lowest BCUT2D eigenvalue weighted by atomic mass is 9.81. The standard InChI is InChI=1S/C15H23N3O.ClH/c1-15(8-5-9-16-12-15)14(19)18(2)11-7-13-6-3-4-10-17-13;/h3-4,6,10,16H,5,7-9,11-12H2,1-2H3;1H. The Morgan fingerprint density at radius 1 is 1.50 bits per heavy atom.